The third-order valence-corrected chi connectivity index (χ3v) is 6.07. The molecule has 160 valence electrons. The third-order valence-electron chi connectivity index (χ3n) is 4.95. The predicted octanol–water partition coefficient (Wildman–Crippen LogP) is 3.93. The van der Waals surface area contributed by atoms with Crippen LogP contribution in [0.4, 0.5) is 16.2 Å². The van der Waals surface area contributed by atoms with E-state index in [-0.39, 0.29) is 29.0 Å². The van der Waals surface area contributed by atoms with Crippen molar-refractivity contribution in [2.75, 3.05) is 43.0 Å². The van der Waals surface area contributed by atoms with Crippen LogP contribution in [0.25, 0.3) is 6.08 Å². The van der Waals surface area contributed by atoms with Gasteiger partial charge in [0.2, 0.25) is 0 Å². The van der Waals surface area contributed by atoms with Crippen molar-refractivity contribution in [3.05, 3.63) is 64.0 Å². The Morgan fingerprint density at radius 2 is 1.60 bits per heavy atom. The molecule has 2 aliphatic rings. The molecular weight excluding hydrogens is 445 g/mol. The number of likely N-dealkylation sites (N-methyl/N-ethyl adjacent to an activating group) is 1. The minimum Gasteiger partial charge on any atom is -0.412 e. The van der Waals surface area contributed by atoms with Gasteiger partial charge in [-0.1, -0.05) is 29.8 Å². The largest absolute Gasteiger partial charge is 0.412 e. The van der Waals surface area contributed by atoms with Crippen LogP contribution in [0.1, 0.15) is 5.56 Å². The first-order chi connectivity index (χ1) is 13.5. The van der Waals surface area contributed by atoms with E-state index in [1.807, 2.05) is 24.3 Å². The van der Waals surface area contributed by atoms with Gasteiger partial charge in [0, 0.05) is 36.9 Å². The topological polar surface area (TPSA) is 75.4 Å². The van der Waals surface area contributed by atoms with Gasteiger partial charge in [-0.3, -0.25) is 9.59 Å². The number of hydrogen-bond donors (Lipinski definition) is 0. The summed E-state index contributed by atoms with van der Waals surface area (Å²) in [5, 5.41) is 0.267. The standard InChI is InChI=1S/C21H20ClN3O2S.ClH.H2O/c1-23-10-12-24(13-11-23)18-5-3-2-4-15(18)14-19-20(26)25(21(27)28-19)17-8-6-16(22)7-9-17;;/h2-9,14H,10-13H2,1H3;1H;1H2. The first kappa shape index (κ1) is 24.2. The minimum absolute atomic E-state index is 0. The molecular formula is C21H23Cl2N3O3S. The lowest BCUT2D eigenvalue weighted by Crippen LogP contribution is -2.44. The molecule has 2 heterocycles. The second kappa shape index (κ2) is 10.3. The van der Waals surface area contributed by atoms with Crippen molar-refractivity contribution >= 4 is 64.4 Å². The van der Waals surface area contributed by atoms with Crippen LogP contribution in [0, 0.1) is 0 Å². The van der Waals surface area contributed by atoms with E-state index in [2.05, 4.69) is 22.9 Å². The maximum Gasteiger partial charge on any atom is 0.298 e. The molecule has 2 N–H and O–H groups in total. The molecule has 2 aromatic carbocycles. The molecule has 0 aliphatic carbocycles. The second-order valence-electron chi connectivity index (χ2n) is 6.84. The summed E-state index contributed by atoms with van der Waals surface area (Å²) in [6.45, 7) is 3.88. The molecule has 0 unspecified atom stereocenters. The van der Waals surface area contributed by atoms with E-state index in [1.165, 1.54) is 4.90 Å². The lowest BCUT2D eigenvalue weighted by molar-refractivity contribution is -0.113. The number of para-hydroxylation sites is 1. The fourth-order valence-corrected chi connectivity index (χ4v) is 4.32. The van der Waals surface area contributed by atoms with E-state index in [9.17, 15) is 9.59 Å². The molecule has 0 spiro atoms. The first-order valence-corrected chi connectivity index (χ1v) is 10.3. The molecule has 2 amide bonds. The molecule has 9 heteroatoms. The molecule has 0 saturated carbocycles. The van der Waals surface area contributed by atoms with Gasteiger partial charge < -0.3 is 15.3 Å². The van der Waals surface area contributed by atoms with E-state index < -0.39 is 0 Å². The van der Waals surface area contributed by atoms with Crippen LogP contribution in [0.2, 0.25) is 5.02 Å². The minimum atomic E-state index is -0.300. The fourth-order valence-electron chi connectivity index (χ4n) is 3.37. The number of carbonyl (C=O) groups excluding carboxylic acids is 2. The highest BCUT2D eigenvalue weighted by Crippen LogP contribution is 2.37. The number of thioether (sulfide) groups is 1. The number of rotatable bonds is 3. The van der Waals surface area contributed by atoms with Crippen LogP contribution >= 0.6 is 35.8 Å². The van der Waals surface area contributed by atoms with Crippen LogP contribution in [0.15, 0.2) is 53.4 Å². The van der Waals surface area contributed by atoms with Gasteiger partial charge in [-0.2, -0.15) is 0 Å². The van der Waals surface area contributed by atoms with Crippen molar-refractivity contribution < 1.29 is 15.1 Å². The van der Waals surface area contributed by atoms with Gasteiger partial charge in [0.05, 0.1) is 10.6 Å². The summed E-state index contributed by atoms with van der Waals surface area (Å²) in [6, 6.07) is 14.7. The number of piperazine rings is 1. The third kappa shape index (κ3) is 4.99. The average molecular weight is 468 g/mol. The highest BCUT2D eigenvalue weighted by Gasteiger charge is 2.36. The summed E-state index contributed by atoms with van der Waals surface area (Å²) in [4.78, 5) is 31.6. The molecule has 4 rings (SSSR count). The molecule has 30 heavy (non-hydrogen) atoms. The summed E-state index contributed by atoms with van der Waals surface area (Å²) in [7, 11) is 2.12. The monoisotopic (exact) mass is 467 g/mol. The van der Waals surface area contributed by atoms with Gasteiger partial charge in [0.15, 0.2) is 0 Å². The molecule has 6 nitrogen and oxygen atoms in total. The summed E-state index contributed by atoms with van der Waals surface area (Å²) in [5.74, 6) is -0.300. The Hall–Kier alpha value is -2.03. The van der Waals surface area contributed by atoms with Crippen molar-refractivity contribution in [2.45, 2.75) is 0 Å². The molecule has 0 radical (unpaired) electrons. The number of benzene rings is 2. The summed E-state index contributed by atoms with van der Waals surface area (Å²) < 4.78 is 0. The normalized spacial score (nSPS) is 18.4. The lowest BCUT2D eigenvalue weighted by atomic mass is 10.1. The molecule has 2 fully saturated rings. The Kier molecular flexibility index (Phi) is 8.34. The Morgan fingerprint density at radius 1 is 0.967 bits per heavy atom. The maximum absolute atomic E-state index is 12.9. The molecule has 0 aromatic heterocycles. The number of amides is 2. The van der Waals surface area contributed by atoms with Gasteiger partial charge in [-0.15, -0.1) is 12.4 Å². The summed E-state index contributed by atoms with van der Waals surface area (Å²) in [5.41, 5.74) is 2.57. The highest BCUT2D eigenvalue weighted by atomic mass is 35.5. The van der Waals surface area contributed by atoms with E-state index in [0.29, 0.717) is 15.6 Å². The zero-order valence-corrected chi connectivity index (χ0v) is 18.8. The summed E-state index contributed by atoms with van der Waals surface area (Å²) >= 11 is 6.88. The maximum atomic E-state index is 12.9. The number of carbonyl (C=O) groups is 2. The van der Waals surface area contributed by atoms with E-state index in [4.69, 9.17) is 11.6 Å². The SMILES string of the molecule is CN1CCN(c2ccccc2C=C2SC(=O)N(c3ccc(Cl)cc3)C2=O)CC1.Cl.O. The second-order valence-corrected chi connectivity index (χ2v) is 8.27. The smallest absolute Gasteiger partial charge is 0.298 e. The van der Waals surface area contributed by atoms with Crippen molar-refractivity contribution in [3.8, 4) is 0 Å². The van der Waals surface area contributed by atoms with Crippen LogP contribution in [0.3, 0.4) is 0 Å². The van der Waals surface area contributed by atoms with Crippen molar-refractivity contribution in [2.24, 2.45) is 0 Å². The quantitative estimate of drug-likeness (QED) is 0.639. The number of imide groups is 1. The van der Waals surface area contributed by atoms with Gasteiger partial charge in [0.25, 0.3) is 11.1 Å². The van der Waals surface area contributed by atoms with Gasteiger partial charge >= 0.3 is 0 Å². The van der Waals surface area contributed by atoms with Crippen LogP contribution < -0.4 is 9.80 Å². The molecule has 2 aromatic rings. The summed E-state index contributed by atoms with van der Waals surface area (Å²) in [6.07, 6.45) is 1.83. The Balaban J connectivity index is 0.00000160. The van der Waals surface area contributed by atoms with E-state index in [1.54, 1.807) is 24.3 Å². The van der Waals surface area contributed by atoms with Gasteiger partial charge in [-0.25, -0.2) is 4.90 Å². The van der Waals surface area contributed by atoms with Crippen LogP contribution in [0.5, 0.6) is 0 Å². The first-order valence-electron chi connectivity index (χ1n) is 9.09. The zero-order chi connectivity index (χ0) is 19.7. The zero-order valence-electron chi connectivity index (χ0n) is 16.4. The predicted molar refractivity (Wildman–Crippen MR) is 127 cm³/mol. The molecule has 2 saturated heterocycles. The molecule has 2 aliphatic heterocycles. The fraction of sp³-hybridized carbons (Fsp3) is 0.238. The Bertz CT molecular complexity index is 945. The number of nitrogens with zero attached hydrogens (tertiary/aromatic N) is 3. The molecule has 0 atom stereocenters. The van der Waals surface area contributed by atoms with Crippen molar-refractivity contribution in [3.63, 3.8) is 0 Å². The van der Waals surface area contributed by atoms with Gasteiger partial charge in [0.1, 0.15) is 0 Å². The number of anilines is 2. The van der Waals surface area contributed by atoms with Crippen LogP contribution in [-0.4, -0.2) is 54.7 Å². The van der Waals surface area contributed by atoms with Crippen molar-refractivity contribution in [1.82, 2.24) is 4.90 Å². The van der Waals surface area contributed by atoms with E-state index >= 15 is 0 Å². The Labute approximate surface area is 191 Å². The number of hydrogen-bond acceptors (Lipinski definition) is 5. The number of halogens is 2. The Morgan fingerprint density at radius 3 is 2.27 bits per heavy atom. The van der Waals surface area contributed by atoms with Crippen LogP contribution in [-0.2, 0) is 4.79 Å². The van der Waals surface area contributed by atoms with E-state index in [0.717, 1.165) is 49.2 Å². The molecule has 0 bridgehead atoms. The van der Waals surface area contributed by atoms with Gasteiger partial charge in [-0.05, 0) is 60.8 Å². The average Bonchev–Trinajstić information content (AvgIpc) is 2.97. The lowest BCUT2D eigenvalue weighted by Gasteiger charge is -2.34. The highest BCUT2D eigenvalue weighted by molar-refractivity contribution is 8.19. The van der Waals surface area contributed by atoms with Crippen molar-refractivity contribution in [1.29, 1.82) is 0 Å².